The molecule has 1 fully saturated rings. The van der Waals surface area contributed by atoms with E-state index in [-0.39, 0.29) is 28.6 Å². The van der Waals surface area contributed by atoms with E-state index in [1.807, 2.05) is 0 Å². The van der Waals surface area contributed by atoms with Gasteiger partial charge in [-0.15, -0.1) is 0 Å². The minimum Gasteiger partial charge on any atom is -0.478 e. The van der Waals surface area contributed by atoms with Crippen molar-refractivity contribution >= 4 is 21.7 Å². The number of rotatable bonds is 5. The molecule has 1 aromatic rings. The second-order valence-corrected chi connectivity index (χ2v) is 6.90. The maximum atomic E-state index is 12.2. The van der Waals surface area contributed by atoms with Gasteiger partial charge in [-0.25, -0.2) is 17.9 Å². The van der Waals surface area contributed by atoms with Crippen LogP contribution < -0.4 is 10.5 Å². The van der Waals surface area contributed by atoms with Crippen LogP contribution in [0.1, 0.15) is 29.6 Å². The Morgan fingerprint density at radius 1 is 1.38 bits per heavy atom. The van der Waals surface area contributed by atoms with Crippen LogP contribution in [0.25, 0.3) is 0 Å². The van der Waals surface area contributed by atoms with Gasteiger partial charge in [-0.3, -0.25) is 0 Å². The van der Waals surface area contributed by atoms with Gasteiger partial charge in [0.15, 0.2) is 0 Å². The summed E-state index contributed by atoms with van der Waals surface area (Å²) in [4.78, 5) is 10.6. The number of aliphatic hydroxyl groups excluding tert-OH is 1. The molecule has 2 unspecified atom stereocenters. The molecule has 0 radical (unpaired) electrons. The number of benzene rings is 1. The van der Waals surface area contributed by atoms with Crippen LogP contribution in [-0.4, -0.2) is 37.2 Å². The van der Waals surface area contributed by atoms with Gasteiger partial charge in [-0.1, -0.05) is 6.42 Å². The zero-order valence-electron chi connectivity index (χ0n) is 11.3. The Morgan fingerprint density at radius 3 is 2.62 bits per heavy atom. The second-order valence-electron chi connectivity index (χ2n) is 5.17. The Balaban J connectivity index is 2.14. The van der Waals surface area contributed by atoms with Crippen LogP contribution in [0, 0.1) is 5.92 Å². The van der Waals surface area contributed by atoms with Crippen molar-refractivity contribution in [1.29, 1.82) is 0 Å². The molecule has 7 nitrogen and oxygen atoms in total. The number of aliphatic hydroxyl groups is 1. The van der Waals surface area contributed by atoms with Crippen molar-refractivity contribution in [2.75, 3.05) is 12.3 Å². The number of hydrogen-bond donors (Lipinski definition) is 4. The highest BCUT2D eigenvalue weighted by atomic mass is 32.2. The minimum absolute atomic E-state index is 0.0716. The smallest absolute Gasteiger partial charge is 0.335 e. The molecule has 2 rings (SSSR count). The van der Waals surface area contributed by atoms with Gasteiger partial charge in [0.2, 0.25) is 10.0 Å². The fourth-order valence-corrected chi connectivity index (χ4v) is 3.68. The average Bonchev–Trinajstić information content (AvgIpc) is 2.81. The van der Waals surface area contributed by atoms with Gasteiger partial charge in [0, 0.05) is 6.54 Å². The van der Waals surface area contributed by atoms with Gasteiger partial charge < -0.3 is 15.9 Å². The van der Waals surface area contributed by atoms with Crippen LogP contribution in [0.2, 0.25) is 0 Å². The summed E-state index contributed by atoms with van der Waals surface area (Å²) in [7, 11) is -3.82. The molecule has 8 heteroatoms. The van der Waals surface area contributed by atoms with Crippen molar-refractivity contribution in [3.05, 3.63) is 23.8 Å². The molecule has 0 bridgehead atoms. The Hall–Kier alpha value is -1.64. The quantitative estimate of drug-likeness (QED) is 0.582. The number of hydrogen-bond acceptors (Lipinski definition) is 5. The monoisotopic (exact) mass is 314 g/mol. The van der Waals surface area contributed by atoms with Crippen molar-refractivity contribution in [1.82, 2.24) is 4.72 Å². The van der Waals surface area contributed by atoms with E-state index in [4.69, 9.17) is 10.8 Å². The lowest BCUT2D eigenvalue weighted by molar-refractivity contribution is 0.0696. The molecule has 5 N–H and O–H groups in total. The Labute approximate surface area is 122 Å². The lowest BCUT2D eigenvalue weighted by Crippen LogP contribution is -2.32. The van der Waals surface area contributed by atoms with Crippen molar-refractivity contribution in [2.24, 2.45) is 5.92 Å². The number of carboxylic acids is 1. The molecule has 1 aliphatic rings. The summed E-state index contributed by atoms with van der Waals surface area (Å²) in [6.45, 7) is 0.142. The van der Waals surface area contributed by atoms with Gasteiger partial charge in [0.25, 0.3) is 0 Å². The Kier molecular flexibility index (Phi) is 4.50. The minimum atomic E-state index is -3.82. The highest BCUT2D eigenvalue weighted by Gasteiger charge is 2.27. The third-order valence-corrected chi connectivity index (χ3v) is 5.20. The van der Waals surface area contributed by atoms with Gasteiger partial charge in [0.05, 0.1) is 17.4 Å². The number of nitrogens with one attached hydrogen (secondary N) is 1. The molecule has 1 aliphatic carbocycles. The number of nitrogen functional groups attached to an aromatic ring is 1. The number of anilines is 1. The maximum Gasteiger partial charge on any atom is 0.335 e. The van der Waals surface area contributed by atoms with E-state index in [2.05, 4.69) is 4.72 Å². The zero-order valence-corrected chi connectivity index (χ0v) is 12.1. The van der Waals surface area contributed by atoms with E-state index in [1.54, 1.807) is 0 Å². The molecule has 1 saturated carbocycles. The molecular weight excluding hydrogens is 296 g/mol. The molecular formula is C13H18N2O5S. The van der Waals surface area contributed by atoms with Gasteiger partial charge >= 0.3 is 5.97 Å². The molecule has 0 amide bonds. The van der Waals surface area contributed by atoms with Crippen molar-refractivity contribution < 1.29 is 23.4 Å². The van der Waals surface area contributed by atoms with Crippen LogP contribution in [0.3, 0.4) is 0 Å². The fraction of sp³-hybridized carbons (Fsp3) is 0.462. The van der Waals surface area contributed by atoms with Crippen LogP contribution in [-0.2, 0) is 10.0 Å². The number of carboxylic acid groups (broad SMARTS) is 1. The third-order valence-electron chi connectivity index (χ3n) is 3.70. The topological polar surface area (TPSA) is 130 Å². The van der Waals surface area contributed by atoms with Crippen LogP contribution in [0.15, 0.2) is 23.1 Å². The van der Waals surface area contributed by atoms with E-state index < -0.39 is 22.1 Å². The summed E-state index contributed by atoms with van der Waals surface area (Å²) in [5, 5.41) is 18.5. The average molecular weight is 314 g/mol. The van der Waals surface area contributed by atoms with Gasteiger partial charge in [-0.2, -0.15) is 0 Å². The summed E-state index contributed by atoms with van der Waals surface area (Å²) < 4.78 is 26.8. The van der Waals surface area contributed by atoms with Gasteiger partial charge in [-0.05, 0) is 37.0 Å². The molecule has 2 atom stereocenters. The molecule has 21 heavy (non-hydrogen) atoms. The maximum absolute atomic E-state index is 12.2. The number of aromatic carboxylic acids is 1. The first kappa shape index (κ1) is 15.7. The predicted molar refractivity (Wildman–Crippen MR) is 76.4 cm³/mol. The summed E-state index contributed by atoms with van der Waals surface area (Å²) in [6, 6.07) is 3.48. The molecule has 116 valence electrons. The summed E-state index contributed by atoms with van der Waals surface area (Å²) >= 11 is 0. The molecule has 0 aromatic heterocycles. The highest BCUT2D eigenvalue weighted by Crippen LogP contribution is 2.26. The normalized spacial score (nSPS) is 22.3. The predicted octanol–water partition coefficient (Wildman–Crippen LogP) is 0.406. The van der Waals surface area contributed by atoms with Crippen molar-refractivity contribution in [3.63, 3.8) is 0 Å². The Bertz CT molecular complexity index is 644. The zero-order chi connectivity index (χ0) is 15.6. The summed E-state index contributed by atoms with van der Waals surface area (Å²) in [5.74, 6) is -1.27. The molecule has 1 aromatic carbocycles. The molecule has 0 spiro atoms. The first-order valence-electron chi connectivity index (χ1n) is 6.62. The largest absolute Gasteiger partial charge is 0.478 e. The van der Waals surface area contributed by atoms with E-state index in [9.17, 15) is 18.3 Å². The lowest BCUT2D eigenvalue weighted by atomic mass is 10.1. The summed E-state index contributed by atoms with van der Waals surface area (Å²) in [6.07, 6.45) is 1.85. The van der Waals surface area contributed by atoms with Crippen LogP contribution >= 0.6 is 0 Å². The van der Waals surface area contributed by atoms with E-state index in [0.717, 1.165) is 18.9 Å². The van der Waals surface area contributed by atoms with E-state index in [1.165, 1.54) is 12.1 Å². The first-order chi connectivity index (χ1) is 9.81. The standard InChI is InChI=1S/C13H18N2O5S/c14-10-6-8(13(17)18)4-5-12(10)21(19,20)15-7-9-2-1-3-11(9)16/h4-6,9,11,15-16H,1-3,7,14H2,(H,17,18). The molecule has 0 saturated heterocycles. The lowest BCUT2D eigenvalue weighted by Gasteiger charge is -2.16. The van der Waals surface area contributed by atoms with Crippen LogP contribution in [0.5, 0.6) is 0 Å². The second kappa shape index (κ2) is 6.00. The number of carbonyl (C=O) groups is 1. The number of sulfonamides is 1. The van der Waals surface area contributed by atoms with Crippen molar-refractivity contribution in [2.45, 2.75) is 30.3 Å². The van der Waals surface area contributed by atoms with Crippen LogP contribution in [0.4, 0.5) is 5.69 Å². The SMILES string of the molecule is Nc1cc(C(=O)O)ccc1S(=O)(=O)NCC1CCCC1O. The Morgan fingerprint density at radius 2 is 2.10 bits per heavy atom. The molecule has 0 aliphatic heterocycles. The summed E-state index contributed by atoms with van der Waals surface area (Å²) in [5.41, 5.74) is 5.44. The van der Waals surface area contributed by atoms with Crippen molar-refractivity contribution in [3.8, 4) is 0 Å². The number of nitrogens with two attached hydrogens (primary N) is 1. The molecule has 0 heterocycles. The van der Waals surface area contributed by atoms with E-state index >= 15 is 0 Å². The fourth-order valence-electron chi connectivity index (χ4n) is 2.48. The van der Waals surface area contributed by atoms with E-state index in [0.29, 0.717) is 6.42 Å². The highest BCUT2D eigenvalue weighted by molar-refractivity contribution is 7.89. The van der Waals surface area contributed by atoms with Gasteiger partial charge in [0.1, 0.15) is 4.90 Å². The third kappa shape index (κ3) is 3.52. The first-order valence-corrected chi connectivity index (χ1v) is 8.10.